The zero-order valence-electron chi connectivity index (χ0n) is 13.4. The van der Waals surface area contributed by atoms with Gasteiger partial charge in [-0.2, -0.15) is 0 Å². The SMILES string of the molecule is Cc1noc(C)c1C(=O)N1CC(C(=O)NC2CC2)C2OCCC21. The van der Waals surface area contributed by atoms with E-state index >= 15 is 0 Å². The zero-order valence-corrected chi connectivity index (χ0v) is 13.4. The lowest BCUT2D eigenvalue weighted by Gasteiger charge is -2.22. The number of aryl methyl sites for hydroxylation is 2. The molecule has 3 aliphatic rings. The van der Waals surface area contributed by atoms with E-state index in [4.69, 9.17) is 9.26 Å². The fourth-order valence-corrected chi connectivity index (χ4v) is 3.70. The third kappa shape index (κ3) is 2.43. The lowest BCUT2D eigenvalue weighted by Crippen LogP contribution is -2.39. The van der Waals surface area contributed by atoms with Crippen LogP contribution in [0.1, 0.15) is 41.1 Å². The highest BCUT2D eigenvalue weighted by Gasteiger charge is 2.51. The molecule has 7 nitrogen and oxygen atoms in total. The Morgan fingerprint density at radius 2 is 2.04 bits per heavy atom. The Hall–Kier alpha value is -1.89. The van der Waals surface area contributed by atoms with E-state index in [9.17, 15) is 9.59 Å². The molecule has 1 aromatic rings. The Bertz CT molecular complexity index is 632. The minimum absolute atomic E-state index is 0.0125. The highest BCUT2D eigenvalue weighted by Crippen LogP contribution is 2.35. The van der Waals surface area contributed by atoms with Crippen molar-refractivity contribution in [1.29, 1.82) is 0 Å². The van der Waals surface area contributed by atoms with Gasteiger partial charge in [-0.25, -0.2) is 0 Å². The molecule has 1 N–H and O–H groups in total. The van der Waals surface area contributed by atoms with E-state index in [1.807, 2.05) is 0 Å². The van der Waals surface area contributed by atoms with Crippen LogP contribution in [0.15, 0.2) is 4.52 Å². The van der Waals surface area contributed by atoms with Crippen molar-refractivity contribution >= 4 is 11.8 Å². The van der Waals surface area contributed by atoms with Crippen LogP contribution in [0.5, 0.6) is 0 Å². The second-order valence-electron chi connectivity index (χ2n) is 6.74. The molecular weight excluding hydrogens is 298 g/mol. The Morgan fingerprint density at radius 1 is 1.26 bits per heavy atom. The molecule has 3 heterocycles. The average molecular weight is 319 g/mol. The molecule has 0 bridgehead atoms. The number of rotatable bonds is 3. The van der Waals surface area contributed by atoms with E-state index in [-0.39, 0.29) is 29.9 Å². The summed E-state index contributed by atoms with van der Waals surface area (Å²) in [6.45, 7) is 4.49. The van der Waals surface area contributed by atoms with Crippen molar-refractivity contribution < 1.29 is 18.8 Å². The van der Waals surface area contributed by atoms with E-state index in [1.165, 1.54) is 0 Å². The highest BCUT2D eigenvalue weighted by atomic mass is 16.5. The first kappa shape index (κ1) is 14.7. The lowest BCUT2D eigenvalue weighted by atomic mass is 10.0. The van der Waals surface area contributed by atoms with Gasteiger partial charge < -0.3 is 19.5 Å². The smallest absolute Gasteiger partial charge is 0.259 e. The maximum absolute atomic E-state index is 12.9. The molecule has 4 rings (SSSR count). The van der Waals surface area contributed by atoms with Crippen LogP contribution in [0.2, 0.25) is 0 Å². The number of carbonyl (C=O) groups is 2. The van der Waals surface area contributed by atoms with Crippen molar-refractivity contribution in [2.24, 2.45) is 5.92 Å². The number of ether oxygens (including phenoxy) is 1. The van der Waals surface area contributed by atoms with Gasteiger partial charge in [-0.05, 0) is 33.1 Å². The molecule has 3 atom stereocenters. The number of likely N-dealkylation sites (tertiary alicyclic amines) is 1. The molecule has 124 valence electrons. The molecule has 1 aromatic heterocycles. The van der Waals surface area contributed by atoms with Crippen LogP contribution in [-0.2, 0) is 9.53 Å². The number of carbonyl (C=O) groups excluding carboxylic acids is 2. The van der Waals surface area contributed by atoms with Crippen molar-refractivity contribution in [3.8, 4) is 0 Å². The molecule has 7 heteroatoms. The third-order valence-corrected chi connectivity index (χ3v) is 5.06. The first-order valence-corrected chi connectivity index (χ1v) is 8.22. The average Bonchev–Trinajstić information content (AvgIpc) is 2.94. The Kier molecular flexibility index (Phi) is 3.41. The van der Waals surface area contributed by atoms with Gasteiger partial charge in [0.15, 0.2) is 0 Å². The summed E-state index contributed by atoms with van der Waals surface area (Å²) < 4.78 is 10.9. The topological polar surface area (TPSA) is 84.7 Å². The van der Waals surface area contributed by atoms with E-state index in [0.717, 1.165) is 19.3 Å². The molecule has 1 saturated carbocycles. The van der Waals surface area contributed by atoms with Crippen LogP contribution in [0, 0.1) is 19.8 Å². The highest BCUT2D eigenvalue weighted by molar-refractivity contribution is 5.97. The van der Waals surface area contributed by atoms with Crippen molar-refractivity contribution in [3.63, 3.8) is 0 Å². The van der Waals surface area contributed by atoms with Gasteiger partial charge in [-0.1, -0.05) is 5.16 Å². The van der Waals surface area contributed by atoms with Crippen LogP contribution >= 0.6 is 0 Å². The van der Waals surface area contributed by atoms with Gasteiger partial charge in [0.25, 0.3) is 5.91 Å². The van der Waals surface area contributed by atoms with Crippen molar-refractivity contribution in [2.75, 3.05) is 13.2 Å². The number of nitrogens with one attached hydrogen (secondary N) is 1. The zero-order chi connectivity index (χ0) is 16.1. The fourth-order valence-electron chi connectivity index (χ4n) is 3.70. The molecule has 2 saturated heterocycles. The quantitative estimate of drug-likeness (QED) is 0.891. The first-order chi connectivity index (χ1) is 11.1. The predicted octanol–water partition coefficient (Wildman–Crippen LogP) is 0.800. The fraction of sp³-hybridized carbons (Fsp3) is 0.688. The molecule has 2 aliphatic heterocycles. The predicted molar refractivity (Wildman–Crippen MR) is 79.8 cm³/mol. The summed E-state index contributed by atoms with van der Waals surface area (Å²) >= 11 is 0. The largest absolute Gasteiger partial charge is 0.375 e. The number of nitrogens with zero attached hydrogens (tertiary/aromatic N) is 2. The van der Waals surface area contributed by atoms with Crippen LogP contribution in [0.3, 0.4) is 0 Å². The molecule has 3 fully saturated rings. The van der Waals surface area contributed by atoms with Gasteiger partial charge in [0.05, 0.1) is 23.8 Å². The third-order valence-electron chi connectivity index (χ3n) is 5.06. The number of hydrogen-bond donors (Lipinski definition) is 1. The van der Waals surface area contributed by atoms with E-state index in [2.05, 4.69) is 10.5 Å². The number of hydrogen-bond acceptors (Lipinski definition) is 5. The summed E-state index contributed by atoms with van der Waals surface area (Å²) in [4.78, 5) is 27.2. The van der Waals surface area contributed by atoms with E-state index < -0.39 is 0 Å². The van der Waals surface area contributed by atoms with Gasteiger partial charge in [0.2, 0.25) is 5.91 Å². The summed E-state index contributed by atoms with van der Waals surface area (Å²) in [5.74, 6) is 0.142. The second-order valence-corrected chi connectivity index (χ2v) is 6.74. The standard InChI is InChI=1S/C16H21N3O4/c1-8-13(9(2)23-18-8)16(21)19-7-11(14-12(19)5-6-22-14)15(20)17-10-3-4-10/h10-12,14H,3-7H2,1-2H3,(H,17,20). The summed E-state index contributed by atoms with van der Waals surface area (Å²) in [5, 5.41) is 6.90. The van der Waals surface area contributed by atoms with Crippen LogP contribution in [0.4, 0.5) is 0 Å². The Labute approximate surface area is 134 Å². The summed E-state index contributed by atoms with van der Waals surface area (Å²) in [7, 11) is 0. The Morgan fingerprint density at radius 3 is 2.70 bits per heavy atom. The number of amides is 2. The summed E-state index contributed by atoms with van der Waals surface area (Å²) in [6, 6.07) is 0.279. The maximum Gasteiger partial charge on any atom is 0.259 e. The van der Waals surface area contributed by atoms with Crippen molar-refractivity contribution in [2.45, 2.75) is 51.3 Å². The molecule has 0 aromatic carbocycles. The van der Waals surface area contributed by atoms with Crippen molar-refractivity contribution in [1.82, 2.24) is 15.4 Å². The lowest BCUT2D eigenvalue weighted by molar-refractivity contribution is -0.127. The summed E-state index contributed by atoms with van der Waals surface area (Å²) in [6.07, 6.45) is 2.68. The minimum atomic E-state index is -0.285. The summed E-state index contributed by atoms with van der Waals surface area (Å²) in [5.41, 5.74) is 1.10. The monoisotopic (exact) mass is 319 g/mol. The molecule has 0 radical (unpaired) electrons. The molecule has 0 spiro atoms. The number of aromatic nitrogens is 1. The van der Waals surface area contributed by atoms with Gasteiger partial charge in [0, 0.05) is 19.2 Å². The van der Waals surface area contributed by atoms with Gasteiger partial charge >= 0.3 is 0 Å². The minimum Gasteiger partial charge on any atom is -0.375 e. The van der Waals surface area contributed by atoms with Crippen molar-refractivity contribution in [3.05, 3.63) is 17.0 Å². The first-order valence-electron chi connectivity index (χ1n) is 8.22. The molecule has 23 heavy (non-hydrogen) atoms. The Balaban J connectivity index is 1.57. The van der Waals surface area contributed by atoms with Gasteiger partial charge in [-0.15, -0.1) is 0 Å². The molecular formula is C16H21N3O4. The van der Waals surface area contributed by atoms with Crippen LogP contribution < -0.4 is 5.32 Å². The molecule has 2 amide bonds. The van der Waals surface area contributed by atoms with Crippen LogP contribution in [0.25, 0.3) is 0 Å². The van der Waals surface area contributed by atoms with E-state index in [1.54, 1.807) is 18.7 Å². The van der Waals surface area contributed by atoms with Crippen LogP contribution in [-0.4, -0.2) is 53.2 Å². The van der Waals surface area contributed by atoms with Gasteiger partial charge in [0.1, 0.15) is 11.3 Å². The van der Waals surface area contributed by atoms with E-state index in [0.29, 0.717) is 36.2 Å². The molecule has 1 aliphatic carbocycles. The number of fused-ring (bicyclic) bond motifs is 1. The molecule has 3 unspecified atom stereocenters. The normalized spacial score (nSPS) is 29.7. The maximum atomic E-state index is 12.9. The van der Waals surface area contributed by atoms with Gasteiger partial charge in [-0.3, -0.25) is 9.59 Å². The second kappa shape index (κ2) is 5.33.